The number of allylic oxidation sites excluding steroid dienone is 2. The number of hydrogen-bond donors (Lipinski definition) is 0. The number of aryl methyl sites for hydroxylation is 1. The lowest BCUT2D eigenvalue weighted by molar-refractivity contribution is 0.540. The molecule has 4 aromatic rings. The Labute approximate surface area is 217 Å². The number of benzene rings is 2. The van der Waals surface area contributed by atoms with Gasteiger partial charge in [0.25, 0.3) is 0 Å². The van der Waals surface area contributed by atoms with E-state index in [4.69, 9.17) is 19.4 Å². The molecule has 0 bridgehead atoms. The van der Waals surface area contributed by atoms with Crippen LogP contribution in [0.4, 0.5) is 0 Å². The second kappa shape index (κ2) is 9.11. The van der Waals surface area contributed by atoms with Gasteiger partial charge in [-0.1, -0.05) is 70.0 Å². The molecule has 4 heterocycles. The maximum atomic E-state index is 6.48. The van der Waals surface area contributed by atoms with Gasteiger partial charge in [0.05, 0.1) is 23.2 Å². The molecule has 2 aliphatic heterocycles. The Morgan fingerprint density at radius 1 is 1.00 bits per heavy atom. The van der Waals surface area contributed by atoms with Gasteiger partial charge in [0, 0.05) is 33.5 Å². The minimum Gasteiger partial charge on any atom is -0.437 e. The Morgan fingerprint density at radius 3 is 2.57 bits per heavy atom. The van der Waals surface area contributed by atoms with E-state index in [0.29, 0.717) is 11.6 Å². The minimum atomic E-state index is -0.154. The Bertz CT molecular complexity index is 1650. The smallest absolute Gasteiger partial charge is 0.227 e. The van der Waals surface area contributed by atoms with Crippen LogP contribution in [-0.4, -0.2) is 22.4 Å². The summed E-state index contributed by atoms with van der Waals surface area (Å²) in [5, 5.41) is 2.07. The monoisotopic (exact) mass is 485 g/mol. The average Bonchev–Trinajstić information content (AvgIpc) is 3.28. The first-order chi connectivity index (χ1) is 18.0. The lowest BCUT2D eigenvalue weighted by Gasteiger charge is -2.31. The van der Waals surface area contributed by atoms with Crippen molar-refractivity contribution in [2.24, 2.45) is 15.9 Å². The fraction of sp³-hybridized carbons (Fsp3) is 0.242. The first-order valence-corrected chi connectivity index (χ1v) is 13.0. The van der Waals surface area contributed by atoms with Gasteiger partial charge in [-0.3, -0.25) is 9.98 Å². The highest BCUT2D eigenvalue weighted by Crippen LogP contribution is 2.41. The van der Waals surface area contributed by atoms with Crippen LogP contribution in [0.25, 0.3) is 22.1 Å². The Morgan fingerprint density at radius 2 is 1.78 bits per heavy atom. The van der Waals surface area contributed by atoms with Crippen molar-refractivity contribution >= 4 is 33.5 Å². The molecule has 4 nitrogen and oxygen atoms in total. The molecule has 0 N–H and O–H groups in total. The zero-order chi connectivity index (χ0) is 25.7. The fourth-order valence-electron chi connectivity index (χ4n) is 5.87. The summed E-state index contributed by atoms with van der Waals surface area (Å²) in [5.74, 6) is 0.710. The molecule has 0 radical (unpaired) electrons. The number of aliphatic imine (C=N–C) groups is 2. The third kappa shape index (κ3) is 3.88. The lowest BCUT2D eigenvalue weighted by atomic mass is 9.79. The summed E-state index contributed by atoms with van der Waals surface area (Å²) in [6.07, 6.45) is 6.35. The van der Waals surface area contributed by atoms with E-state index in [1.165, 1.54) is 11.1 Å². The number of fused-ring (bicyclic) bond motifs is 8. The van der Waals surface area contributed by atoms with Crippen LogP contribution in [0.1, 0.15) is 54.1 Å². The number of rotatable bonds is 4. The van der Waals surface area contributed by atoms with Crippen molar-refractivity contribution < 1.29 is 4.42 Å². The van der Waals surface area contributed by atoms with Crippen LogP contribution in [-0.2, 0) is 12.8 Å². The molecule has 6 rings (SSSR count). The zero-order valence-corrected chi connectivity index (χ0v) is 21.5. The van der Waals surface area contributed by atoms with Crippen molar-refractivity contribution in [1.29, 1.82) is 0 Å². The van der Waals surface area contributed by atoms with Gasteiger partial charge in [0.1, 0.15) is 5.58 Å². The quantitative estimate of drug-likeness (QED) is 0.297. The van der Waals surface area contributed by atoms with Gasteiger partial charge in [-0.15, -0.1) is 0 Å². The van der Waals surface area contributed by atoms with E-state index in [-0.39, 0.29) is 12.0 Å². The predicted octanol–water partition coefficient (Wildman–Crippen LogP) is 7.76. The third-order valence-electron chi connectivity index (χ3n) is 7.54. The maximum Gasteiger partial charge on any atom is 0.227 e. The van der Waals surface area contributed by atoms with Gasteiger partial charge < -0.3 is 4.42 Å². The molecule has 0 fully saturated rings. The van der Waals surface area contributed by atoms with E-state index >= 15 is 0 Å². The zero-order valence-electron chi connectivity index (χ0n) is 21.5. The Balaban J connectivity index is 1.54. The molecule has 2 atom stereocenters. The van der Waals surface area contributed by atoms with E-state index in [2.05, 4.69) is 82.1 Å². The molecule has 2 unspecified atom stereocenters. The summed E-state index contributed by atoms with van der Waals surface area (Å²) in [6.45, 7) is 16.9. The van der Waals surface area contributed by atoms with Gasteiger partial charge in [0.15, 0.2) is 0 Å². The van der Waals surface area contributed by atoms with Crippen molar-refractivity contribution in [3.63, 3.8) is 0 Å². The molecular weight excluding hydrogens is 454 g/mol. The summed E-state index contributed by atoms with van der Waals surface area (Å²) >= 11 is 0. The average molecular weight is 486 g/mol. The van der Waals surface area contributed by atoms with Crippen molar-refractivity contribution in [3.05, 3.63) is 114 Å². The van der Waals surface area contributed by atoms with Gasteiger partial charge in [-0.05, 0) is 60.6 Å². The van der Waals surface area contributed by atoms with Gasteiger partial charge in [-0.2, -0.15) is 0 Å². The third-order valence-corrected chi connectivity index (χ3v) is 7.54. The van der Waals surface area contributed by atoms with Crippen molar-refractivity contribution in [1.82, 2.24) is 4.98 Å². The van der Waals surface area contributed by atoms with Gasteiger partial charge in [-0.25, -0.2) is 4.98 Å². The van der Waals surface area contributed by atoms with Crippen molar-refractivity contribution in [3.8, 4) is 0 Å². The molecule has 4 heteroatoms. The molecule has 0 amide bonds. The summed E-state index contributed by atoms with van der Waals surface area (Å²) in [4.78, 5) is 15.0. The summed E-state index contributed by atoms with van der Waals surface area (Å²) < 4.78 is 6.48. The Hall–Kier alpha value is -4.05. The van der Waals surface area contributed by atoms with Gasteiger partial charge in [0.2, 0.25) is 5.71 Å². The van der Waals surface area contributed by atoms with Crippen LogP contribution in [0.2, 0.25) is 0 Å². The molecule has 0 saturated carbocycles. The van der Waals surface area contributed by atoms with Crippen molar-refractivity contribution in [2.75, 3.05) is 0 Å². The topological polar surface area (TPSA) is 50.8 Å². The molecule has 184 valence electrons. The molecule has 37 heavy (non-hydrogen) atoms. The summed E-state index contributed by atoms with van der Waals surface area (Å²) in [5.41, 5.74) is 9.53. The molecule has 0 spiro atoms. The van der Waals surface area contributed by atoms with Crippen LogP contribution in [0.5, 0.6) is 0 Å². The van der Waals surface area contributed by atoms with E-state index in [1.54, 1.807) is 0 Å². The Kier molecular flexibility index (Phi) is 5.75. The second-order valence-electron chi connectivity index (χ2n) is 10.4. The summed E-state index contributed by atoms with van der Waals surface area (Å²) in [6, 6.07) is 17.0. The lowest BCUT2D eigenvalue weighted by Crippen LogP contribution is -2.27. The highest BCUT2D eigenvalue weighted by molar-refractivity contribution is 6.20. The van der Waals surface area contributed by atoms with Crippen LogP contribution >= 0.6 is 0 Å². The fourth-order valence-corrected chi connectivity index (χ4v) is 5.87. The number of pyridine rings is 1. The summed E-state index contributed by atoms with van der Waals surface area (Å²) in [7, 11) is 0. The number of hydrogen-bond acceptors (Lipinski definition) is 4. The standard InChI is InChI=1S/C33H31N3O/c1-6-28-24-11-9-8-10-23(24)25-15-12-21-13-16-26-27-17-14-22(18-19(3)4)35-33(27)37-32(26)30(21)29(7-2)34-20(5)31(25)36-28/h6-11,13-14,16-17,19,25,31H,1-2,5,12,15,18H2,3-4H3. The number of nitrogens with zero attached hydrogens (tertiary/aromatic N) is 3. The molecule has 2 aliphatic rings. The minimum absolute atomic E-state index is 0.154. The van der Waals surface area contributed by atoms with Crippen molar-refractivity contribution in [2.45, 2.75) is 45.1 Å². The molecule has 2 aromatic carbocycles. The number of furan rings is 1. The highest BCUT2D eigenvalue weighted by Gasteiger charge is 2.33. The first-order valence-electron chi connectivity index (χ1n) is 13.0. The number of aromatic nitrogens is 1. The predicted molar refractivity (Wildman–Crippen MR) is 154 cm³/mol. The van der Waals surface area contributed by atoms with E-state index < -0.39 is 0 Å². The molecular formula is C33H31N3O. The van der Waals surface area contributed by atoms with Crippen LogP contribution in [0.3, 0.4) is 0 Å². The first kappa shape index (κ1) is 23.4. The van der Waals surface area contributed by atoms with E-state index in [0.717, 1.165) is 69.6 Å². The second-order valence-corrected chi connectivity index (χ2v) is 10.4. The maximum absolute atomic E-state index is 6.48. The van der Waals surface area contributed by atoms with Crippen LogP contribution in [0.15, 0.2) is 101 Å². The van der Waals surface area contributed by atoms with Crippen LogP contribution < -0.4 is 0 Å². The van der Waals surface area contributed by atoms with Gasteiger partial charge >= 0.3 is 0 Å². The molecule has 2 aromatic heterocycles. The molecule has 0 saturated heterocycles. The van der Waals surface area contributed by atoms with E-state index in [1.807, 2.05) is 12.2 Å². The van der Waals surface area contributed by atoms with Crippen LogP contribution in [0, 0.1) is 5.92 Å². The SMILES string of the molecule is C=CC1=NC2C(=C)N=C(C=C)c3c(ccc4c3oc3nc(CC(C)C)ccc34)CCC2c2ccccc21. The largest absolute Gasteiger partial charge is 0.437 e. The molecule has 0 aliphatic carbocycles. The van der Waals surface area contributed by atoms with E-state index in [9.17, 15) is 0 Å². The highest BCUT2D eigenvalue weighted by atomic mass is 16.3. The normalized spacial score (nSPS) is 19.3.